The molecule has 2 aromatic heterocycles. The maximum Gasteiger partial charge on any atom is 0.230 e. The summed E-state index contributed by atoms with van der Waals surface area (Å²) in [5.41, 5.74) is 8.40. The zero-order chi connectivity index (χ0) is 20.1. The fourth-order valence-electron chi connectivity index (χ4n) is 2.86. The van der Waals surface area contributed by atoms with E-state index in [0.717, 1.165) is 28.7 Å². The number of amides is 1. The third kappa shape index (κ3) is 4.94. The summed E-state index contributed by atoms with van der Waals surface area (Å²) in [5, 5.41) is 4.43. The molecule has 28 heavy (non-hydrogen) atoms. The van der Waals surface area contributed by atoms with E-state index in [4.69, 9.17) is 5.73 Å². The van der Waals surface area contributed by atoms with Crippen LogP contribution in [0.1, 0.15) is 16.9 Å². The Kier molecular flexibility index (Phi) is 6.74. The van der Waals surface area contributed by atoms with Gasteiger partial charge in [0.25, 0.3) is 0 Å². The highest BCUT2D eigenvalue weighted by Gasteiger charge is 2.13. The number of benzene rings is 1. The summed E-state index contributed by atoms with van der Waals surface area (Å²) in [6, 6.07) is 10.2. The molecule has 1 aromatic carbocycles. The van der Waals surface area contributed by atoms with Crippen LogP contribution >= 0.6 is 23.1 Å². The number of nitrogens with zero attached hydrogens (tertiary/aromatic N) is 3. The van der Waals surface area contributed by atoms with Crippen molar-refractivity contribution < 1.29 is 4.79 Å². The van der Waals surface area contributed by atoms with Gasteiger partial charge < -0.3 is 16.0 Å². The summed E-state index contributed by atoms with van der Waals surface area (Å²) < 4.78 is 0. The molecule has 0 aliphatic rings. The average Bonchev–Trinajstić information content (AvgIpc) is 2.98. The summed E-state index contributed by atoms with van der Waals surface area (Å²) in [6.07, 6.45) is 0.880. The molecule has 0 radical (unpaired) electrons. The number of hydrogen-bond acceptors (Lipinski definition) is 7. The highest BCUT2D eigenvalue weighted by molar-refractivity contribution is 7.99. The lowest BCUT2D eigenvalue weighted by Crippen LogP contribution is -2.29. The van der Waals surface area contributed by atoms with E-state index in [1.807, 2.05) is 25.1 Å². The van der Waals surface area contributed by atoms with E-state index in [2.05, 4.69) is 46.3 Å². The number of para-hydroxylation sites is 1. The van der Waals surface area contributed by atoms with Gasteiger partial charge in [-0.3, -0.25) is 4.79 Å². The fraction of sp³-hybridized carbons (Fsp3) is 0.350. The molecule has 0 spiro atoms. The first-order valence-electron chi connectivity index (χ1n) is 9.14. The van der Waals surface area contributed by atoms with Crippen LogP contribution in [0, 0.1) is 13.8 Å². The van der Waals surface area contributed by atoms with E-state index in [0.29, 0.717) is 17.5 Å². The number of fused-ring (bicyclic) bond motifs is 1. The lowest BCUT2D eigenvalue weighted by molar-refractivity contribution is -0.118. The number of nitrogens with two attached hydrogens (primary N) is 1. The number of aryl methyl sites for hydroxylation is 2. The summed E-state index contributed by atoms with van der Waals surface area (Å²) >= 11 is 2.93. The van der Waals surface area contributed by atoms with Crippen LogP contribution in [0.15, 0.2) is 35.5 Å². The minimum atomic E-state index is -0.0202. The third-order valence-electron chi connectivity index (χ3n) is 4.56. The quantitative estimate of drug-likeness (QED) is 0.332. The van der Waals surface area contributed by atoms with Crippen LogP contribution in [0.25, 0.3) is 10.2 Å². The SMILES string of the molecule is Cc1sc2nc(SCC(=O)NCCCN(C)c3ccccc3)nc(N)c2c1C. The zero-order valence-electron chi connectivity index (χ0n) is 16.4. The number of nitrogen functional groups attached to an aromatic ring is 1. The van der Waals surface area contributed by atoms with Gasteiger partial charge in [-0.1, -0.05) is 30.0 Å². The molecule has 3 rings (SSSR count). The third-order valence-corrected chi connectivity index (χ3v) is 6.51. The van der Waals surface area contributed by atoms with Crippen molar-refractivity contribution in [1.82, 2.24) is 15.3 Å². The lowest BCUT2D eigenvalue weighted by Gasteiger charge is -2.19. The zero-order valence-corrected chi connectivity index (χ0v) is 18.0. The molecule has 148 valence electrons. The standard InChI is InChI=1S/C20H25N5OS2/c1-13-14(2)28-19-17(13)18(21)23-20(24-19)27-12-16(26)22-10-7-11-25(3)15-8-5-4-6-9-15/h4-6,8-9H,7,10-12H2,1-3H3,(H,22,26)(H2,21,23,24). The molecule has 0 aliphatic carbocycles. The molecule has 1 amide bonds. The van der Waals surface area contributed by atoms with Crippen molar-refractivity contribution in [3.8, 4) is 0 Å². The smallest absolute Gasteiger partial charge is 0.230 e. The Labute approximate surface area is 173 Å². The van der Waals surface area contributed by atoms with E-state index in [-0.39, 0.29) is 11.7 Å². The number of aromatic nitrogens is 2. The Bertz CT molecular complexity index is 958. The van der Waals surface area contributed by atoms with Crippen LogP contribution < -0.4 is 16.0 Å². The van der Waals surface area contributed by atoms with Gasteiger partial charge in [-0.15, -0.1) is 11.3 Å². The van der Waals surface area contributed by atoms with Crippen LogP contribution in [-0.2, 0) is 4.79 Å². The molecule has 0 atom stereocenters. The van der Waals surface area contributed by atoms with E-state index in [1.165, 1.54) is 22.3 Å². The van der Waals surface area contributed by atoms with Gasteiger partial charge in [-0.2, -0.15) is 0 Å². The predicted molar refractivity (Wildman–Crippen MR) is 119 cm³/mol. The monoisotopic (exact) mass is 415 g/mol. The topological polar surface area (TPSA) is 84.1 Å². The molecule has 0 bridgehead atoms. The molecule has 0 saturated carbocycles. The Hall–Kier alpha value is -2.32. The van der Waals surface area contributed by atoms with Crippen molar-refractivity contribution in [2.45, 2.75) is 25.4 Å². The van der Waals surface area contributed by atoms with Crippen LogP contribution in [0.3, 0.4) is 0 Å². The number of carbonyl (C=O) groups excluding carboxylic acids is 1. The molecule has 3 N–H and O–H groups in total. The van der Waals surface area contributed by atoms with Crippen molar-refractivity contribution >= 4 is 50.7 Å². The normalized spacial score (nSPS) is 11.0. The van der Waals surface area contributed by atoms with E-state index in [9.17, 15) is 4.79 Å². The van der Waals surface area contributed by atoms with E-state index in [1.54, 1.807) is 11.3 Å². The number of nitrogens with one attached hydrogen (secondary N) is 1. The first kappa shape index (κ1) is 20.4. The second-order valence-electron chi connectivity index (χ2n) is 6.60. The molecule has 6 nitrogen and oxygen atoms in total. The number of anilines is 2. The maximum atomic E-state index is 12.1. The molecule has 8 heteroatoms. The van der Waals surface area contributed by atoms with Crippen molar-refractivity contribution in [1.29, 1.82) is 0 Å². The van der Waals surface area contributed by atoms with Gasteiger partial charge in [0.2, 0.25) is 5.91 Å². The highest BCUT2D eigenvalue weighted by Crippen LogP contribution is 2.33. The van der Waals surface area contributed by atoms with Crippen molar-refractivity contribution in [2.75, 3.05) is 36.5 Å². The van der Waals surface area contributed by atoms with Crippen molar-refractivity contribution in [2.24, 2.45) is 0 Å². The number of thiophene rings is 1. The summed E-state index contributed by atoms with van der Waals surface area (Å²) in [6.45, 7) is 5.60. The summed E-state index contributed by atoms with van der Waals surface area (Å²) in [5.74, 6) is 0.745. The Morgan fingerprint density at radius 1 is 1.25 bits per heavy atom. The summed E-state index contributed by atoms with van der Waals surface area (Å²) in [7, 11) is 2.05. The predicted octanol–water partition coefficient (Wildman–Crippen LogP) is 3.63. The Morgan fingerprint density at radius 3 is 2.75 bits per heavy atom. The van der Waals surface area contributed by atoms with Gasteiger partial charge in [0, 0.05) is 30.7 Å². The van der Waals surface area contributed by atoms with E-state index >= 15 is 0 Å². The maximum absolute atomic E-state index is 12.1. The largest absolute Gasteiger partial charge is 0.383 e. The van der Waals surface area contributed by atoms with Crippen molar-refractivity contribution in [3.05, 3.63) is 40.8 Å². The van der Waals surface area contributed by atoms with Crippen molar-refractivity contribution in [3.63, 3.8) is 0 Å². The highest BCUT2D eigenvalue weighted by atomic mass is 32.2. The fourth-order valence-corrected chi connectivity index (χ4v) is 4.64. The summed E-state index contributed by atoms with van der Waals surface area (Å²) in [4.78, 5) is 25.3. The minimum Gasteiger partial charge on any atom is -0.383 e. The second kappa shape index (κ2) is 9.25. The first-order chi connectivity index (χ1) is 13.5. The second-order valence-corrected chi connectivity index (χ2v) is 8.75. The molecule has 2 heterocycles. The Balaban J connectivity index is 1.44. The Morgan fingerprint density at radius 2 is 2.00 bits per heavy atom. The molecule has 0 unspecified atom stereocenters. The van der Waals surface area contributed by atoms with Crippen LogP contribution in [-0.4, -0.2) is 41.8 Å². The van der Waals surface area contributed by atoms with Gasteiger partial charge in [-0.25, -0.2) is 9.97 Å². The van der Waals surface area contributed by atoms with Gasteiger partial charge >= 0.3 is 0 Å². The molecule has 0 saturated heterocycles. The van der Waals surface area contributed by atoms with Gasteiger partial charge in [0.05, 0.1) is 11.1 Å². The molecule has 3 aromatic rings. The van der Waals surface area contributed by atoms with Gasteiger partial charge in [0.1, 0.15) is 10.6 Å². The molecule has 0 fully saturated rings. The van der Waals surface area contributed by atoms with Crippen LogP contribution in [0.5, 0.6) is 0 Å². The van der Waals surface area contributed by atoms with Gasteiger partial charge in [-0.05, 0) is 38.0 Å². The molecule has 0 aliphatic heterocycles. The number of hydrogen-bond donors (Lipinski definition) is 2. The number of thioether (sulfide) groups is 1. The van der Waals surface area contributed by atoms with E-state index < -0.39 is 0 Å². The number of rotatable bonds is 8. The van der Waals surface area contributed by atoms with Crippen LogP contribution in [0.2, 0.25) is 0 Å². The average molecular weight is 416 g/mol. The van der Waals surface area contributed by atoms with Gasteiger partial charge in [0.15, 0.2) is 5.16 Å². The lowest BCUT2D eigenvalue weighted by atomic mass is 10.2. The first-order valence-corrected chi connectivity index (χ1v) is 10.9. The molecular weight excluding hydrogens is 390 g/mol. The van der Waals surface area contributed by atoms with Crippen LogP contribution in [0.4, 0.5) is 11.5 Å². The number of carbonyl (C=O) groups is 1. The minimum absolute atomic E-state index is 0.0202. The molecular formula is C20H25N5OS2.